The molecule has 0 spiro atoms. The highest BCUT2D eigenvalue weighted by Crippen LogP contribution is 2.34. The van der Waals surface area contributed by atoms with Crippen molar-refractivity contribution in [1.29, 1.82) is 0 Å². The molecule has 1 amide bonds. The van der Waals surface area contributed by atoms with E-state index in [1.54, 1.807) is 0 Å². The minimum absolute atomic E-state index is 0.0138. The van der Waals surface area contributed by atoms with Crippen molar-refractivity contribution in [2.24, 2.45) is 5.92 Å². The van der Waals surface area contributed by atoms with Crippen LogP contribution in [0, 0.1) is 5.92 Å². The minimum atomic E-state index is 0.0138. The van der Waals surface area contributed by atoms with Crippen LogP contribution in [0.4, 0.5) is 0 Å². The quantitative estimate of drug-likeness (QED) is 0.526. The second-order valence-corrected chi connectivity index (χ2v) is 9.42. The summed E-state index contributed by atoms with van der Waals surface area (Å²) in [7, 11) is 0. The number of imidazole rings is 1. The Balaban J connectivity index is 1.03. The van der Waals surface area contributed by atoms with E-state index in [9.17, 15) is 4.79 Å². The molecular formula is C25H28N4O2S. The fourth-order valence-electron chi connectivity index (χ4n) is 4.33. The lowest BCUT2D eigenvalue weighted by atomic mass is 9.96. The van der Waals surface area contributed by atoms with E-state index in [1.807, 2.05) is 60.8 Å². The van der Waals surface area contributed by atoms with Crippen LogP contribution in [0.1, 0.15) is 25.0 Å². The molecule has 1 aromatic carbocycles. The molecule has 7 heteroatoms. The highest BCUT2D eigenvalue weighted by molar-refractivity contribution is 8.04. The monoisotopic (exact) mass is 448 g/mol. The largest absolute Gasteiger partial charge is 0.494 e. The predicted molar refractivity (Wildman–Crippen MR) is 128 cm³/mol. The van der Waals surface area contributed by atoms with Gasteiger partial charge in [0.2, 0.25) is 0 Å². The van der Waals surface area contributed by atoms with Crippen LogP contribution in [0.15, 0.2) is 64.7 Å². The van der Waals surface area contributed by atoms with Crippen molar-refractivity contribution in [1.82, 2.24) is 19.6 Å². The van der Waals surface area contributed by atoms with E-state index in [0.717, 1.165) is 79.1 Å². The molecule has 4 heterocycles. The summed E-state index contributed by atoms with van der Waals surface area (Å²) in [6, 6.07) is 16.0. The zero-order valence-electron chi connectivity index (χ0n) is 18.1. The van der Waals surface area contributed by atoms with Crippen molar-refractivity contribution < 1.29 is 9.53 Å². The number of aromatic nitrogens is 2. The van der Waals surface area contributed by atoms with Crippen molar-refractivity contribution in [3.8, 4) is 5.75 Å². The maximum atomic E-state index is 12.8. The molecule has 1 saturated heterocycles. The first-order valence-electron chi connectivity index (χ1n) is 11.3. The molecule has 0 atom stereocenters. The van der Waals surface area contributed by atoms with Gasteiger partial charge in [-0.05, 0) is 68.6 Å². The van der Waals surface area contributed by atoms with E-state index >= 15 is 0 Å². The van der Waals surface area contributed by atoms with Crippen LogP contribution < -0.4 is 10.1 Å². The van der Waals surface area contributed by atoms with Gasteiger partial charge in [0.25, 0.3) is 5.91 Å². The molecule has 2 aromatic heterocycles. The van der Waals surface area contributed by atoms with Crippen LogP contribution in [-0.2, 0) is 4.79 Å². The molecule has 0 aliphatic carbocycles. The fraction of sp³-hybridized carbons (Fsp3) is 0.360. The molecule has 0 saturated carbocycles. The molecular weight excluding hydrogens is 420 g/mol. The Hall–Kier alpha value is -2.77. The number of piperidine rings is 1. The average molecular weight is 449 g/mol. The van der Waals surface area contributed by atoms with Crippen molar-refractivity contribution in [2.45, 2.75) is 24.3 Å². The number of carbonyl (C=O) groups is 1. The highest BCUT2D eigenvalue weighted by atomic mass is 32.2. The predicted octanol–water partition coefficient (Wildman–Crippen LogP) is 4.08. The number of carbonyl (C=O) groups excluding carboxylic acids is 1. The zero-order chi connectivity index (χ0) is 21.8. The number of nitrogens with zero attached hydrogens (tertiary/aromatic N) is 3. The summed E-state index contributed by atoms with van der Waals surface area (Å²) in [5.74, 6) is 1.49. The highest BCUT2D eigenvalue weighted by Gasteiger charge is 2.23. The summed E-state index contributed by atoms with van der Waals surface area (Å²) in [6.45, 7) is 4.73. The normalized spacial score (nSPS) is 16.7. The maximum Gasteiger partial charge on any atom is 0.258 e. The third kappa shape index (κ3) is 4.84. The third-order valence-electron chi connectivity index (χ3n) is 6.13. The van der Waals surface area contributed by atoms with Gasteiger partial charge in [-0.1, -0.05) is 36.0 Å². The maximum absolute atomic E-state index is 12.8. The topological polar surface area (TPSA) is 58.9 Å². The Morgan fingerprint density at radius 3 is 2.81 bits per heavy atom. The van der Waals surface area contributed by atoms with E-state index < -0.39 is 0 Å². The summed E-state index contributed by atoms with van der Waals surface area (Å²) in [6.07, 6.45) is 7.04. The lowest BCUT2D eigenvalue weighted by molar-refractivity contribution is -0.117. The van der Waals surface area contributed by atoms with Gasteiger partial charge in [-0.25, -0.2) is 4.98 Å². The average Bonchev–Trinajstić information content (AvgIpc) is 3.26. The van der Waals surface area contributed by atoms with Crippen molar-refractivity contribution in [3.63, 3.8) is 0 Å². The molecule has 0 radical (unpaired) electrons. The Bertz CT molecular complexity index is 1100. The fourth-order valence-corrected chi connectivity index (χ4v) is 5.34. The molecule has 3 aromatic rings. The summed E-state index contributed by atoms with van der Waals surface area (Å²) in [5.41, 5.74) is 1.88. The molecule has 2 aliphatic rings. The summed E-state index contributed by atoms with van der Waals surface area (Å²) >= 11 is 1.51. The van der Waals surface area contributed by atoms with Gasteiger partial charge >= 0.3 is 0 Å². The number of pyridine rings is 1. The number of benzene rings is 1. The number of hydrogen-bond acceptors (Lipinski definition) is 5. The van der Waals surface area contributed by atoms with E-state index in [4.69, 9.17) is 4.74 Å². The third-order valence-corrected chi connectivity index (χ3v) is 7.18. The SMILES string of the molecule is O=C(NCC1CCN(CCCOc2ccccc2)CC1)C1=Cc2cnc3cccc(n23)S1. The summed E-state index contributed by atoms with van der Waals surface area (Å²) < 4.78 is 7.87. The minimum Gasteiger partial charge on any atom is -0.494 e. The Morgan fingerprint density at radius 2 is 1.97 bits per heavy atom. The Labute approximate surface area is 192 Å². The van der Waals surface area contributed by atoms with Gasteiger partial charge < -0.3 is 15.0 Å². The summed E-state index contributed by atoms with van der Waals surface area (Å²) in [5, 5.41) is 4.20. The standard InChI is InChI=1S/C25H28N4O2S/c30-25(22-16-20-18-26-23-8-4-9-24(32-22)29(20)23)27-17-19-10-13-28(14-11-19)12-5-15-31-21-6-2-1-3-7-21/h1-4,6-9,16,18-19H,5,10-15,17H2,(H,27,30). The van der Waals surface area contributed by atoms with E-state index in [0.29, 0.717) is 5.92 Å². The van der Waals surface area contributed by atoms with Gasteiger partial charge in [0.15, 0.2) is 0 Å². The molecule has 0 unspecified atom stereocenters. The first-order chi connectivity index (χ1) is 15.8. The molecule has 32 heavy (non-hydrogen) atoms. The smallest absolute Gasteiger partial charge is 0.258 e. The lowest BCUT2D eigenvalue weighted by Gasteiger charge is -2.32. The number of ether oxygens (including phenoxy) is 1. The van der Waals surface area contributed by atoms with Gasteiger partial charge in [-0.2, -0.15) is 0 Å². The number of amides is 1. The first kappa shape index (κ1) is 21.1. The Kier molecular flexibility index (Phi) is 6.46. The van der Waals surface area contributed by atoms with Crippen molar-refractivity contribution in [3.05, 3.63) is 65.3 Å². The number of likely N-dealkylation sites (tertiary alicyclic amines) is 1. The molecule has 1 N–H and O–H groups in total. The van der Waals surface area contributed by atoms with Crippen LogP contribution in [0.2, 0.25) is 0 Å². The lowest BCUT2D eigenvalue weighted by Crippen LogP contribution is -2.39. The van der Waals surface area contributed by atoms with Gasteiger partial charge in [0, 0.05) is 13.1 Å². The second kappa shape index (κ2) is 9.79. The van der Waals surface area contributed by atoms with E-state index in [-0.39, 0.29) is 5.91 Å². The van der Waals surface area contributed by atoms with E-state index in [2.05, 4.69) is 19.6 Å². The molecule has 0 bridgehead atoms. The van der Waals surface area contributed by atoms with Crippen LogP contribution in [-0.4, -0.2) is 53.0 Å². The van der Waals surface area contributed by atoms with E-state index in [1.165, 1.54) is 11.8 Å². The number of rotatable bonds is 8. The van der Waals surface area contributed by atoms with Crippen molar-refractivity contribution in [2.75, 3.05) is 32.8 Å². The van der Waals surface area contributed by atoms with Gasteiger partial charge in [-0.15, -0.1) is 0 Å². The number of hydrogen-bond donors (Lipinski definition) is 1. The zero-order valence-corrected chi connectivity index (χ0v) is 18.9. The first-order valence-corrected chi connectivity index (χ1v) is 12.1. The second-order valence-electron chi connectivity index (χ2n) is 8.36. The van der Waals surface area contributed by atoms with Crippen LogP contribution in [0.3, 0.4) is 0 Å². The van der Waals surface area contributed by atoms with Crippen molar-refractivity contribution >= 4 is 29.4 Å². The number of thioether (sulfide) groups is 1. The number of nitrogens with one attached hydrogen (secondary N) is 1. The van der Waals surface area contributed by atoms with Gasteiger partial charge in [-0.3, -0.25) is 9.20 Å². The molecule has 5 rings (SSSR count). The van der Waals surface area contributed by atoms with Crippen LogP contribution in [0.5, 0.6) is 5.75 Å². The summed E-state index contributed by atoms with van der Waals surface area (Å²) in [4.78, 5) is 20.5. The molecule has 2 aliphatic heterocycles. The molecule has 166 valence electrons. The van der Waals surface area contributed by atoms with Crippen LogP contribution in [0.25, 0.3) is 11.7 Å². The number of para-hydroxylation sites is 1. The molecule has 1 fully saturated rings. The van der Waals surface area contributed by atoms with Gasteiger partial charge in [0.05, 0.1) is 28.4 Å². The van der Waals surface area contributed by atoms with Gasteiger partial charge in [0.1, 0.15) is 11.4 Å². The molecule has 6 nitrogen and oxygen atoms in total. The van der Waals surface area contributed by atoms with Crippen LogP contribution >= 0.6 is 11.8 Å². The Morgan fingerprint density at radius 1 is 1.12 bits per heavy atom.